The van der Waals surface area contributed by atoms with Crippen molar-refractivity contribution in [2.75, 3.05) is 0 Å². The number of furan rings is 1. The van der Waals surface area contributed by atoms with Gasteiger partial charge < -0.3 is 4.42 Å². The van der Waals surface area contributed by atoms with Gasteiger partial charge in [-0.05, 0) is 29.0 Å². The first-order valence-electron chi connectivity index (χ1n) is 8.22. The van der Waals surface area contributed by atoms with Crippen molar-refractivity contribution < 1.29 is 4.42 Å². The molecule has 6 rings (SSSR count). The van der Waals surface area contributed by atoms with Gasteiger partial charge in [0.25, 0.3) is 0 Å². The summed E-state index contributed by atoms with van der Waals surface area (Å²) in [7, 11) is 0. The smallest absolute Gasteiger partial charge is 0.161 e. The van der Waals surface area contributed by atoms with Gasteiger partial charge in [-0.3, -0.25) is 0 Å². The maximum Gasteiger partial charge on any atom is 0.161 e. The van der Waals surface area contributed by atoms with E-state index in [4.69, 9.17) is 9.41 Å². The van der Waals surface area contributed by atoms with Crippen molar-refractivity contribution in [3.05, 3.63) is 72.3 Å². The zero-order valence-electron chi connectivity index (χ0n) is 12.9. The molecule has 4 aromatic rings. The normalized spacial score (nSPS) is 15.7. The Morgan fingerprint density at radius 2 is 1.79 bits per heavy atom. The van der Waals surface area contributed by atoms with E-state index < -0.39 is 0 Å². The minimum absolute atomic E-state index is 0.895. The first-order valence-corrected chi connectivity index (χ1v) is 8.22. The number of aliphatic imine (C=N–C) groups is 1. The molecule has 0 fully saturated rings. The Kier molecular flexibility index (Phi) is 2.17. The largest absolute Gasteiger partial charge is 0.454 e. The summed E-state index contributed by atoms with van der Waals surface area (Å²) >= 11 is 0. The standard InChI is InChI=1S/C22H13NO/c1-2-6-14-12-20-18(11-13(14)5-1)17-10-9-16-15-7-3-4-8-19(15)23-21(16)22(17)24-20/h1-7,9-12H,8H2. The molecule has 112 valence electrons. The van der Waals surface area contributed by atoms with Crippen LogP contribution < -0.4 is 0 Å². The lowest BCUT2D eigenvalue weighted by molar-refractivity contribution is 0.670. The summed E-state index contributed by atoms with van der Waals surface area (Å²) in [6.07, 6.45) is 7.30. The minimum atomic E-state index is 0.895. The molecule has 2 heteroatoms. The Bertz CT molecular complexity index is 1270. The van der Waals surface area contributed by atoms with Crippen molar-refractivity contribution >= 4 is 49.7 Å². The fourth-order valence-electron chi connectivity index (χ4n) is 3.88. The SMILES string of the molecule is C1=CCC2=Nc3c(ccc4c3oc3cc5ccccc5cc34)C2=C1. The van der Waals surface area contributed by atoms with Crippen molar-refractivity contribution in [2.24, 2.45) is 4.99 Å². The van der Waals surface area contributed by atoms with Crippen molar-refractivity contribution in [1.29, 1.82) is 0 Å². The summed E-state index contributed by atoms with van der Waals surface area (Å²) in [4.78, 5) is 4.87. The molecule has 2 aliphatic rings. The Hall–Kier alpha value is -3.13. The summed E-state index contributed by atoms with van der Waals surface area (Å²) in [5, 5.41) is 4.74. The van der Waals surface area contributed by atoms with Crippen molar-refractivity contribution in [3.63, 3.8) is 0 Å². The third kappa shape index (κ3) is 1.48. The molecule has 1 aromatic heterocycles. The van der Waals surface area contributed by atoms with Gasteiger partial charge >= 0.3 is 0 Å². The van der Waals surface area contributed by atoms with Gasteiger partial charge in [-0.1, -0.05) is 48.6 Å². The highest BCUT2D eigenvalue weighted by atomic mass is 16.3. The van der Waals surface area contributed by atoms with E-state index in [9.17, 15) is 0 Å². The quantitative estimate of drug-likeness (QED) is 0.381. The van der Waals surface area contributed by atoms with E-state index in [1.807, 2.05) is 0 Å². The zero-order valence-corrected chi connectivity index (χ0v) is 12.9. The minimum Gasteiger partial charge on any atom is -0.454 e. The van der Waals surface area contributed by atoms with Crippen LogP contribution in [0, 0.1) is 0 Å². The molecule has 0 N–H and O–H groups in total. The number of nitrogens with zero attached hydrogens (tertiary/aromatic N) is 1. The lowest BCUT2D eigenvalue weighted by atomic mass is 9.96. The average molecular weight is 307 g/mol. The van der Waals surface area contributed by atoms with Crippen LogP contribution in [0.2, 0.25) is 0 Å². The van der Waals surface area contributed by atoms with Gasteiger partial charge in [0.15, 0.2) is 5.58 Å². The molecule has 0 radical (unpaired) electrons. The molecule has 0 bridgehead atoms. The second kappa shape index (κ2) is 4.24. The third-order valence-corrected chi connectivity index (χ3v) is 5.04. The second-order valence-corrected chi connectivity index (χ2v) is 6.41. The molecule has 0 saturated carbocycles. The van der Waals surface area contributed by atoms with Crippen molar-refractivity contribution in [1.82, 2.24) is 0 Å². The fourth-order valence-corrected chi connectivity index (χ4v) is 3.88. The van der Waals surface area contributed by atoms with Crippen LogP contribution in [0.5, 0.6) is 0 Å². The summed E-state index contributed by atoms with van der Waals surface area (Å²) in [6, 6.07) is 17.1. The molecule has 0 amide bonds. The molecule has 24 heavy (non-hydrogen) atoms. The maximum atomic E-state index is 6.25. The van der Waals surface area contributed by atoms with Crippen LogP contribution in [0.25, 0.3) is 38.3 Å². The molecular weight excluding hydrogens is 294 g/mol. The Morgan fingerprint density at radius 3 is 2.71 bits per heavy atom. The van der Waals surface area contributed by atoms with E-state index in [1.165, 1.54) is 21.9 Å². The number of rotatable bonds is 0. The van der Waals surface area contributed by atoms with E-state index in [-0.39, 0.29) is 0 Å². The third-order valence-electron chi connectivity index (χ3n) is 5.04. The topological polar surface area (TPSA) is 25.5 Å². The van der Waals surface area contributed by atoms with Crippen LogP contribution in [-0.2, 0) is 0 Å². The Balaban J connectivity index is 1.74. The molecule has 1 aliphatic heterocycles. The highest BCUT2D eigenvalue weighted by molar-refractivity contribution is 6.32. The van der Waals surface area contributed by atoms with Gasteiger partial charge in [0.2, 0.25) is 0 Å². The molecule has 1 aliphatic carbocycles. The van der Waals surface area contributed by atoms with Gasteiger partial charge in [0.1, 0.15) is 11.3 Å². The zero-order chi connectivity index (χ0) is 15.7. The van der Waals surface area contributed by atoms with Crippen LogP contribution >= 0.6 is 0 Å². The maximum absolute atomic E-state index is 6.25. The van der Waals surface area contributed by atoms with E-state index in [1.54, 1.807) is 0 Å². The first kappa shape index (κ1) is 12.3. The van der Waals surface area contributed by atoms with Gasteiger partial charge in [-0.15, -0.1) is 0 Å². The molecule has 3 aromatic carbocycles. The highest BCUT2D eigenvalue weighted by Crippen LogP contribution is 2.45. The molecule has 2 nitrogen and oxygen atoms in total. The van der Waals surface area contributed by atoms with Crippen LogP contribution in [0.4, 0.5) is 5.69 Å². The monoisotopic (exact) mass is 307 g/mol. The molecular formula is C22H13NO. The van der Waals surface area contributed by atoms with Crippen LogP contribution in [0.3, 0.4) is 0 Å². The van der Waals surface area contributed by atoms with Gasteiger partial charge in [-0.25, -0.2) is 4.99 Å². The Labute approximate surface area is 138 Å². The molecule has 0 unspecified atom stereocenters. The molecule has 0 atom stereocenters. The van der Waals surface area contributed by atoms with E-state index in [2.05, 4.69) is 66.8 Å². The highest BCUT2D eigenvalue weighted by Gasteiger charge is 2.25. The van der Waals surface area contributed by atoms with Crippen molar-refractivity contribution in [3.8, 4) is 0 Å². The summed E-state index contributed by atoms with van der Waals surface area (Å²) in [5.41, 5.74) is 6.38. The van der Waals surface area contributed by atoms with Crippen molar-refractivity contribution in [2.45, 2.75) is 6.42 Å². The number of hydrogen-bond donors (Lipinski definition) is 0. The van der Waals surface area contributed by atoms with Gasteiger partial charge in [-0.2, -0.15) is 0 Å². The second-order valence-electron chi connectivity index (χ2n) is 6.41. The van der Waals surface area contributed by atoms with E-state index >= 15 is 0 Å². The predicted molar refractivity (Wildman–Crippen MR) is 100 cm³/mol. The van der Waals surface area contributed by atoms with Crippen LogP contribution in [-0.4, -0.2) is 5.71 Å². The summed E-state index contributed by atoms with van der Waals surface area (Å²) in [5.74, 6) is 0. The fraction of sp³-hybridized carbons (Fsp3) is 0.0455. The molecule has 0 saturated heterocycles. The van der Waals surface area contributed by atoms with Gasteiger partial charge in [0.05, 0.1) is 5.71 Å². The first-order chi connectivity index (χ1) is 11.9. The molecule has 2 heterocycles. The van der Waals surface area contributed by atoms with Gasteiger partial charge in [0, 0.05) is 28.3 Å². The number of hydrogen-bond acceptors (Lipinski definition) is 2. The molecule has 0 spiro atoms. The number of allylic oxidation sites excluding steroid dienone is 4. The van der Waals surface area contributed by atoms with E-state index in [0.717, 1.165) is 39.8 Å². The number of fused-ring (bicyclic) bond motifs is 8. The average Bonchev–Trinajstić information content (AvgIpc) is 3.17. The summed E-state index contributed by atoms with van der Waals surface area (Å²) < 4.78 is 6.25. The Morgan fingerprint density at radius 1 is 0.917 bits per heavy atom. The van der Waals surface area contributed by atoms with E-state index in [0.29, 0.717) is 0 Å². The number of benzene rings is 3. The van der Waals surface area contributed by atoms with Crippen LogP contribution in [0.1, 0.15) is 12.0 Å². The predicted octanol–water partition coefficient (Wildman–Crippen LogP) is 6.17. The lowest BCUT2D eigenvalue weighted by Crippen LogP contribution is -1.97. The lowest BCUT2D eigenvalue weighted by Gasteiger charge is -2.05. The summed E-state index contributed by atoms with van der Waals surface area (Å²) in [6.45, 7) is 0. The van der Waals surface area contributed by atoms with Crippen LogP contribution in [0.15, 0.2) is 76.2 Å².